The molecular formula is C15H19N5O3S. The quantitative estimate of drug-likeness (QED) is 0.747. The number of thioether (sulfide) groups is 1. The molecule has 24 heavy (non-hydrogen) atoms. The summed E-state index contributed by atoms with van der Waals surface area (Å²) in [6, 6.07) is 7.44. The minimum Gasteiger partial charge on any atom is -0.494 e. The summed E-state index contributed by atoms with van der Waals surface area (Å²) in [5.41, 5.74) is 0.729. The van der Waals surface area contributed by atoms with E-state index >= 15 is 0 Å². The summed E-state index contributed by atoms with van der Waals surface area (Å²) in [5.74, 6) is 0.835. The van der Waals surface area contributed by atoms with Crippen molar-refractivity contribution in [1.82, 2.24) is 25.5 Å². The lowest BCUT2D eigenvalue weighted by Gasteiger charge is -2.11. The second-order valence-electron chi connectivity index (χ2n) is 5.27. The predicted molar refractivity (Wildman–Crippen MR) is 88.4 cm³/mol. The molecule has 0 aliphatic carbocycles. The number of nitrogens with one attached hydrogen (secondary N) is 1. The van der Waals surface area contributed by atoms with Gasteiger partial charge in [0.2, 0.25) is 11.1 Å². The van der Waals surface area contributed by atoms with Crippen LogP contribution in [0.5, 0.6) is 5.75 Å². The number of carbonyl (C=O) groups is 1. The summed E-state index contributed by atoms with van der Waals surface area (Å²) >= 11 is 1.28. The Bertz CT molecular complexity index is 687. The van der Waals surface area contributed by atoms with Gasteiger partial charge in [-0.3, -0.25) is 4.79 Å². The molecule has 1 N–H and O–H groups in total. The van der Waals surface area contributed by atoms with Crippen molar-refractivity contribution in [2.24, 2.45) is 0 Å². The number of amides is 1. The lowest BCUT2D eigenvalue weighted by atomic mass is 10.2. The van der Waals surface area contributed by atoms with Crippen LogP contribution in [0, 0.1) is 0 Å². The minimum atomic E-state index is -0.0647. The van der Waals surface area contributed by atoms with E-state index in [0.717, 1.165) is 25.1 Å². The molecule has 1 aromatic heterocycles. The average Bonchev–Trinajstić information content (AvgIpc) is 3.29. The van der Waals surface area contributed by atoms with Crippen LogP contribution in [0.1, 0.15) is 12.8 Å². The number of hydrogen-bond donors (Lipinski definition) is 1. The lowest BCUT2D eigenvalue weighted by Crippen LogP contribution is -2.32. The molecule has 0 bridgehead atoms. The van der Waals surface area contributed by atoms with Crippen molar-refractivity contribution in [2.75, 3.05) is 26.0 Å². The van der Waals surface area contributed by atoms with Crippen LogP contribution in [-0.4, -0.2) is 58.2 Å². The maximum atomic E-state index is 12.0. The molecule has 1 saturated heterocycles. The zero-order valence-electron chi connectivity index (χ0n) is 13.3. The molecule has 0 unspecified atom stereocenters. The first kappa shape index (κ1) is 16.7. The van der Waals surface area contributed by atoms with Crippen LogP contribution in [0.4, 0.5) is 0 Å². The van der Waals surface area contributed by atoms with Crippen molar-refractivity contribution >= 4 is 17.7 Å². The maximum absolute atomic E-state index is 12.0. The molecule has 0 spiro atoms. The summed E-state index contributed by atoms with van der Waals surface area (Å²) in [4.78, 5) is 12.0. The first-order valence-electron chi connectivity index (χ1n) is 7.71. The molecule has 2 heterocycles. The number of methoxy groups -OCH3 is 1. The fourth-order valence-corrected chi connectivity index (χ4v) is 3.15. The predicted octanol–water partition coefficient (Wildman–Crippen LogP) is 1.06. The van der Waals surface area contributed by atoms with Gasteiger partial charge >= 0.3 is 0 Å². The average molecular weight is 349 g/mol. The molecule has 0 saturated carbocycles. The molecule has 1 aliphatic rings. The van der Waals surface area contributed by atoms with Crippen molar-refractivity contribution < 1.29 is 14.3 Å². The van der Waals surface area contributed by atoms with E-state index < -0.39 is 0 Å². The van der Waals surface area contributed by atoms with Gasteiger partial charge in [0.15, 0.2) is 0 Å². The lowest BCUT2D eigenvalue weighted by molar-refractivity contribution is -0.119. The smallest absolute Gasteiger partial charge is 0.230 e. The Balaban J connectivity index is 1.58. The Kier molecular flexibility index (Phi) is 5.65. The van der Waals surface area contributed by atoms with Crippen LogP contribution >= 0.6 is 11.8 Å². The fraction of sp³-hybridized carbons (Fsp3) is 0.467. The van der Waals surface area contributed by atoms with E-state index in [1.54, 1.807) is 11.8 Å². The van der Waals surface area contributed by atoms with E-state index in [9.17, 15) is 4.79 Å². The highest BCUT2D eigenvalue weighted by Crippen LogP contribution is 2.25. The number of ether oxygens (including phenoxy) is 2. The number of rotatable bonds is 7. The van der Waals surface area contributed by atoms with Gasteiger partial charge in [-0.15, -0.1) is 5.10 Å². The minimum absolute atomic E-state index is 0.0647. The van der Waals surface area contributed by atoms with E-state index in [4.69, 9.17) is 9.47 Å². The van der Waals surface area contributed by atoms with Gasteiger partial charge in [-0.25, -0.2) is 0 Å². The van der Waals surface area contributed by atoms with E-state index in [0.29, 0.717) is 17.5 Å². The molecule has 8 nitrogen and oxygen atoms in total. The third-order valence-corrected chi connectivity index (χ3v) is 4.56. The topological polar surface area (TPSA) is 91.2 Å². The normalized spacial score (nSPS) is 17.0. The third-order valence-electron chi connectivity index (χ3n) is 3.64. The molecule has 128 valence electrons. The van der Waals surface area contributed by atoms with Crippen LogP contribution < -0.4 is 10.1 Å². The van der Waals surface area contributed by atoms with E-state index in [1.807, 2.05) is 24.3 Å². The second kappa shape index (κ2) is 8.11. The van der Waals surface area contributed by atoms with E-state index in [2.05, 4.69) is 20.8 Å². The van der Waals surface area contributed by atoms with Gasteiger partial charge in [-0.2, -0.15) is 4.68 Å². The van der Waals surface area contributed by atoms with Gasteiger partial charge in [0.05, 0.1) is 19.0 Å². The Morgan fingerprint density at radius 1 is 1.50 bits per heavy atom. The van der Waals surface area contributed by atoms with Crippen molar-refractivity contribution in [2.45, 2.75) is 24.1 Å². The maximum Gasteiger partial charge on any atom is 0.230 e. The van der Waals surface area contributed by atoms with Gasteiger partial charge in [-0.1, -0.05) is 23.9 Å². The highest BCUT2D eigenvalue weighted by molar-refractivity contribution is 7.99. The molecule has 3 rings (SSSR count). The third kappa shape index (κ3) is 4.04. The van der Waals surface area contributed by atoms with E-state index in [1.165, 1.54) is 11.8 Å². The number of para-hydroxylation sites is 2. The fourth-order valence-electron chi connectivity index (χ4n) is 2.44. The summed E-state index contributed by atoms with van der Waals surface area (Å²) in [6.45, 7) is 1.33. The molecular weight excluding hydrogens is 330 g/mol. The van der Waals surface area contributed by atoms with Crippen LogP contribution in [0.25, 0.3) is 5.69 Å². The van der Waals surface area contributed by atoms with Crippen LogP contribution in [0.2, 0.25) is 0 Å². The zero-order chi connectivity index (χ0) is 16.8. The molecule has 1 amide bonds. The Morgan fingerprint density at radius 2 is 2.38 bits per heavy atom. The standard InChI is InChI=1S/C15H19N5O3S/c1-22-13-7-3-2-6-12(13)20-15(17-18-19-20)24-10-14(21)16-9-11-5-4-8-23-11/h2-3,6-7,11H,4-5,8-10H2,1H3,(H,16,21)/t11-/m0/s1. The van der Waals surface area contributed by atoms with Gasteiger partial charge in [0, 0.05) is 13.2 Å². The first-order valence-corrected chi connectivity index (χ1v) is 8.69. The summed E-state index contributed by atoms with van der Waals surface area (Å²) in [5, 5.41) is 15.1. The highest BCUT2D eigenvalue weighted by atomic mass is 32.2. The summed E-state index contributed by atoms with van der Waals surface area (Å²) in [6.07, 6.45) is 2.19. The van der Waals surface area contributed by atoms with Crippen molar-refractivity contribution in [3.63, 3.8) is 0 Å². The summed E-state index contributed by atoms with van der Waals surface area (Å²) < 4.78 is 12.4. The number of tetrazole rings is 1. The number of aromatic nitrogens is 4. The van der Waals surface area contributed by atoms with E-state index in [-0.39, 0.29) is 17.8 Å². The molecule has 1 atom stereocenters. The number of nitrogens with zero attached hydrogens (tertiary/aromatic N) is 4. The second-order valence-corrected chi connectivity index (χ2v) is 6.22. The molecule has 2 aromatic rings. The Morgan fingerprint density at radius 3 is 3.17 bits per heavy atom. The van der Waals surface area contributed by atoms with Gasteiger partial charge < -0.3 is 14.8 Å². The van der Waals surface area contributed by atoms with Gasteiger partial charge in [-0.05, 0) is 35.4 Å². The number of hydrogen-bond acceptors (Lipinski definition) is 7. The number of carbonyl (C=O) groups excluding carboxylic acids is 1. The highest BCUT2D eigenvalue weighted by Gasteiger charge is 2.17. The zero-order valence-corrected chi connectivity index (χ0v) is 14.2. The summed E-state index contributed by atoms with van der Waals surface area (Å²) in [7, 11) is 1.59. The largest absolute Gasteiger partial charge is 0.494 e. The van der Waals surface area contributed by atoms with Crippen molar-refractivity contribution in [1.29, 1.82) is 0 Å². The van der Waals surface area contributed by atoms with Crippen LogP contribution in [0.15, 0.2) is 29.4 Å². The van der Waals surface area contributed by atoms with Crippen molar-refractivity contribution in [3.8, 4) is 11.4 Å². The SMILES string of the molecule is COc1ccccc1-n1nnnc1SCC(=O)NC[C@@H]1CCCO1. The number of benzene rings is 1. The van der Waals surface area contributed by atoms with Crippen molar-refractivity contribution in [3.05, 3.63) is 24.3 Å². The Labute approximate surface area is 143 Å². The Hall–Kier alpha value is -2.13. The molecule has 1 aromatic carbocycles. The van der Waals surface area contributed by atoms with Gasteiger partial charge in [0.25, 0.3) is 0 Å². The first-order chi connectivity index (χ1) is 11.8. The molecule has 9 heteroatoms. The molecule has 1 aliphatic heterocycles. The van der Waals surface area contributed by atoms with Crippen LogP contribution in [0.3, 0.4) is 0 Å². The van der Waals surface area contributed by atoms with Crippen LogP contribution in [-0.2, 0) is 9.53 Å². The molecule has 0 radical (unpaired) electrons. The monoisotopic (exact) mass is 349 g/mol. The molecule has 1 fully saturated rings. The van der Waals surface area contributed by atoms with Gasteiger partial charge in [0.1, 0.15) is 11.4 Å².